The van der Waals surface area contributed by atoms with E-state index in [-0.39, 0.29) is 0 Å². The van der Waals surface area contributed by atoms with Gasteiger partial charge in [-0.3, -0.25) is 0 Å². The highest BCUT2D eigenvalue weighted by molar-refractivity contribution is 5.79. The molecule has 0 spiro atoms. The van der Waals surface area contributed by atoms with Gasteiger partial charge in [0.2, 0.25) is 0 Å². The lowest BCUT2D eigenvalue weighted by Gasteiger charge is -2.29. The molecular formula is C18H25N5O2. The lowest BCUT2D eigenvalue weighted by atomic mass is 10.2. The predicted octanol–water partition coefficient (Wildman–Crippen LogP) is 1.77. The van der Waals surface area contributed by atoms with E-state index in [4.69, 9.17) is 14.1 Å². The number of aliphatic imine (C=N–C) groups is 1. The van der Waals surface area contributed by atoms with Crippen molar-refractivity contribution in [2.75, 3.05) is 37.7 Å². The average molecular weight is 343 g/mol. The van der Waals surface area contributed by atoms with E-state index in [2.05, 4.69) is 26.6 Å². The fourth-order valence-electron chi connectivity index (χ4n) is 2.70. The molecule has 0 unspecified atom stereocenters. The molecule has 1 saturated heterocycles. The second kappa shape index (κ2) is 9.08. The van der Waals surface area contributed by atoms with Crippen molar-refractivity contribution in [2.45, 2.75) is 20.0 Å². The summed E-state index contributed by atoms with van der Waals surface area (Å²) in [6.07, 6.45) is 3.50. The first-order valence-electron chi connectivity index (χ1n) is 8.68. The third-order valence-electron chi connectivity index (χ3n) is 3.94. The molecule has 0 bridgehead atoms. The maximum atomic E-state index is 5.43. The molecular weight excluding hydrogens is 318 g/mol. The Morgan fingerprint density at radius 2 is 2.12 bits per heavy atom. The number of anilines is 1. The van der Waals surface area contributed by atoms with E-state index in [1.54, 1.807) is 6.26 Å². The fraction of sp³-hybridized carbons (Fsp3) is 0.444. The minimum absolute atomic E-state index is 0.564. The van der Waals surface area contributed by atoms with Gasteiger partial charge in [0.05, 0.1) is 32.6 Å². The van der Waals surface area contributed by atoms with Crippen LogP contribution in [0.3, 0.4) is 0 Å². The number of nitrogens with one attached hydrogen (secondary N) is 2. The number of guanidine groups is 1. The minimum atomic E-state index is 0.564. The molecule has 1 aliphatic rings. The number of ether oxygens (including phenoxy) is 1. The summed E-state index contributed by atoms with van der Waals surface area (Å²) in [5.74, 6) is 2.63. The zero-order chi connectivity index (χ0) is 17.3. The normalized spacial score (nSPS) is 15.2. The molecule has 134 valence electrons. The SMILES string of the molecule is CCNC(=NCc1cccnc1N1CCOCC1)NCc1ccco1. The molecule has 0 aromatic carbocycles. The Hall–Kier alpha value is -2.54. The molecule has 7 nitrogen and oxygen atoms in total. The summed E-state index contributed by atoms with van der Waals surface area (Å²) in [6.45, 7) is 7.23. The molecule has 0 atom stereocenters. The van der Waals surface area contributed by atoms with Crippen LogP contribution in [0.2, 0.25) is 0 Å². The van der Waals surface area contributed by atoms with Gasteiger partial charge in [0, 0.05) is 31.4 Å². The Morgan fingerprint density at radius 1 is 1.24 bits per heavy atom. The van der Waals surface area contributed by atoms with Gasteiger partial charge in [0.15, 0.2) is 5.96 Å². The molecule has 0 aliphatic carbocycles. The number of pyridine rings is 1. The first kappa shape index (κ1) is 17.3. The second-order valence-electron chi connectivity index (χ2n) is 5.71. The van der Waals surface area contributed by atoms with Crippen molar-refractivity contribution in [1.29, 1.82) is 0 Å². The molecule has 0 amide bonds. The number of hydrogen-bond acceptors (Lipinski definition) is 5. The Bertz CT molecular complexity index is 666. The molecule has 2 N–H and O–H groups in total. The number of rotatable bonds is 6. The molecule has 3 heterocycles. The van der Waals surface area contributed by atoms with Gasteiger partial charge in [0.1, 0.15) is 11.6 Å². The van der Waals surface area contributed by atoms with Crippen LogP contribution in [0.5, 0.6) is 0 Å². The Morgan fingerprint density at radius 3 is 2.88 bits per heavy atom. The first-order chi connectivity index (χ1) is 12.4. The van der Waals surface area contributed by atoms with E-state index in [0.29, 0.717) is 13.1 Å². The molecule has 25 heavy (non-hydrogen) atoms. The van der Waals surface area contributed by atoms with E-state index in [9.17, 15) is 0 Å². The maximum Gasteiger partial charge on any atom is 0.191 e. The quantitative estimate of drug-likeness (QED) is 0.615. The van der Waals surface area contributed by atoms with Gasteiger partial charge in [-0.2, -0.15) is 0 Å². The first-order valence-corrected chi connectivity index (χ1v) is 8.68. The minimum Gasteiger partial charge on any atom is -0.467 e. The lowest BCUT2D eigenvalue weighted by Crippen LogP contribution is -2.38. The predicted molar refractivity (Wildman–Crippen MR) is 97.6 cm³/mol. The highest BCUT2D eigenvalue weighted by Gasteiger charge is 2.15. The second-order valence-corrected chi connectivity index (χ2v) is 5.71. The third kappa shape index (κ3) is 4.96. The fourth-order valence-corrected chi connectivity index (χ4v) is 2.70. The van der Waals surface area contributed by atoms with Crippen LogP contribution in [0, 0.1) is 0 Å². The van der Waals surface area contributed by atoms with Crippen molar-refractivity contribution in [1.82, 2.24) is 15.6 Å². The van der Waals surface area contributed by atoms with Crippen LogP contribution < -0.4 is 15.5 Å². The van der Waals surface area contributed by atoms with Crippen molar-refractivity contribution >= 4 is 11.8 Å². The summed E-state index contributed by atoms with van der Waals surface area (Å²) in [5.41, 5.74) is 1.11. The standard InChI is InChI=1S/C18H25N5O2/c1-2-19-18(22-14-16-6-4-10-25-16)21-13-15-5-3-7-20-17(15)23-8-11-24-12-9-23/h3-7,10H,2,8-9,11-14H2,1H3,(H2,19,21,22). The van der Waals surface area contributed by atoms with Crippen molar-refractivity contribution in [3.05, 3.63) is 48.0 Å². The van der Waals surface area contributed by atoms with Gasteiger partial charge < -0.3 is 24.7 Å². The van der Waals surface area contributed by atoms with E-state index in [1.165, 1.54) is 0 Å². The Labute approximate surface area is 148 Å². The van der Waals surface area contributed by atoms with Crippen LogP contribution in [0.1, 0.15) is 18.2 Å². The lowest BCUT2D eigenvalue weighted by molar-refractivity contribution is 0.122. The number of morpholine rings is 1. The summed E-state index contributed by atoms with van der Waals surface area (Å²) in [5, 5.41) is 6.54. The van der Waals surface area contributed by atoms with Crippen molar-refractivity contribution < 1.29 is 9.15 Å². The van der Waals surface area contributed by atoms with Crippen LogP contribution in [-0.4, -0.2) is 43.8 Å². The van der Waals surface area contributed by atoms with Crippen molar-refractivity contribution in [2.24, 2.45) is 4.99 Å². The summed E-state index contributed by atoms with van der Waals surface area (Å²) >= 11 is 0. The molecule has 0 radical (unpaired) electrons. The van der Waals surface area contributed by atoms with Crippen molar-refractivity contribution in [3.63, 3.8) is 0 Å². The molecule has 7 heteroatoms. The Balaban J connectivity index is 1.67. The Kier molecular flexibility index (Phi) is 6.28. The zero-order valence-electron chi connectivity index (χ0n) is 14.6. The molecule has 2 aromatic rings. The molecule has 1 aliphatic heterocycles. The van der Waals surface area contributed by atoms with Crippen LogP contribution >= 0.6 is 0 Å². The van der Waals surface area contributed by atoms with Crippen LogP contribution in [0.25, 0.3) is 0 Å². The van der Waals surface area contributed by atoms with Crippen LogP contribution in [0.15, 0.2) is 46.1 Å². The number of furan rings is 1. The number of nitrogens with zero attached hydrogens (tertiary/aromatic N) is 3. The number of aromatic nitrogens is 1. The number of hydrogen-bond donors (Lipinski definition) is 2. The molecule has 0 saturated carbocycles. The van der Waals surface area contributed by atoms with Gasteiger partial charge in [-0.15, -0.1) is 0 Å². The van der Waals surface area contributed by atoms with Gasteiger partial charge in [0.25, 0.3) is 0 Å². The van der Waals surface area contributed by atoms with E-state index >= 15 is 0 Å². The molecule has 3 rings (SSSR count). The summed E-state index contributed by atoms with van der Waals surface area (Å²) in [7, 11) is 0. The topological polar surface area (TPSA) is 74.9 Å². The van der Waals surface area contributed by atoms with Crippen LogP contribution in [-0.2, 0) is 17.8 Å². The van der Waals surface area contributed by atoms with Gasteiger partial charge in [-0.05, 0) is 25.1 Å². The van der Waals surface area contributed by atoms with Gasteiger partial charge in [-0.25, -0.2) is 9.98 Å². The van der Waals surface area contributed by atoms with Gasteiger partial charge >= 0.3 is 0 Å². The average Bonchev–Trinajstić information content (AvgIpc) is 3.18. The van der Waals surface area contributed by atoms with Crippen LogP contribution in [0.4, 0.5) is 5.82 Å². The monoisotopic (exact) mass is 343 g/mol. The van der Waals surface area contributed by atoms with E-state index < -0.39 is 0 Å². The highest BCUT2D eigenvalue weighted by atomic mass is 16.5. The summed E-state index contributed by atoms with van der Waals surface area (Å²) in [4.78, 5) is 11.5. The molecule has 2 aromatic heterocycles. The zero-order valence-corrected chi connectivity index (χ0v) is 14.6. The van der Waals surface area contributed by atoms with Gasteiger partial charge in [-0.1, -0.05) is 6.07 Å². The van der Waals surface area contributed by atoms with E-state index in [0.717, 1.165) is 55.9 Å². The molecule has 1 fully saturated rings. The smallest absolute Gasteiger partial charge is 0.191 e. The summed E-state index contributed by atoms with van der Waals surface area (Å²) in [6, 6.07) is 7.86. The third-order valence-corrected chi connectivity index (χ3v) is 3.94. The van der Waals surface area contributed by atoms with Crippen molar-refractivity contribution in [3.8, 4) is 0 Å². The summed E-state index contributed by atoms with van der Waals surface area (Å²) < 4.78 is 10.8. The largest absolute Gasteiger partial charge is 0.467 e. The highest BCUT2D eigenvalue weighted by Crippen LogP contribution is 2.19. The van der Waals surface area contributed by atoms with E-state index in [1.807, 2.05) is 31.3 Å². The maximum absolute atomic E-state index is 5.43.